The molecule has 0 bridgehead atoms. The normalized spacial score (nSPS) is 13.1. The predicted molar refractivity (Wildman–Crippen MR) is 126 cm³/mol. The molecular formula is C25H33BS. The molecule has 2 heteroatoms. The van der Waals surface area contributed by atoms with Gasteiger partial charge >= 0.3 is 172 Å². The van der Waals surface area contributed by atoms with Gasteiger partial charge in [0.2, 0.25) is 0 Å². The zero-order chi connectivity index (χ0) is 19.8. The molecule has 27 heavy (non-hydrogen) atoms. The summed E-state index contributed by atoms with van der Waals surface area (Å²) in [6.07, 6.45) is 5.62. The number of benzene rings is 1. The average molecular weight is 376 g/mol. The van der Waals surface area contributed by atoms with E-state index in [0.29, 0.717) is 5.92 Å². The van der Waals surface area contributed by atoms with Crippen LogP contribution in [0, 0.1) is 6.92 Å². The van der Waals surface area contributed by atoms with Gasteiger partial charge in [0.1, 0.15) is 0 Å². The van der Waals surface area contributed by atoms with Crippen molar-refractivity contribution in [2.24, 2.45) is 0 Å². The van der Waals surface area contributed by atoms with Gasteiger partial charge < -0.3 is 0 Å². The summed E-state index contributed by atoms with van der Waals surface area (Å²) in [5.74, 6) is 2.48. The van der Waals surface area contributed by atoms with Gasteiger partial charge in [-0.05, 0) is 0 Å². The molecule has 0 nitrogen and oxygen atoms in total. The first kappa shape index (κ1) is 21.8. The third-order valence-electron chi connectivity index (χ3n) is 5.49. The summed E-state index contributed by atoms with van der Waals surface area (Å²) in [6.45, 7) is 13.3. The first-order chi connectivity index (χ1) is 13.0. The fourth-order valence-corrected chi connectivity index (χ4v) is 4.12. The van der Waals surface area contributed by atoms with Gasteiger partial charge in [-0.15, -0.1) is 0 Å². The van der Waals surface area contributed by atoms with E-state index >= 15 is 0 Å². The molecule has 1 aromatic heterocycles. The van der Waals surface area contributed by atoms with Crippen molar-refractivity contribution in [3.63, 3.8) is 0 Å². The van der Waals surface area contributed by atoms with Gasteiger partial charge in [-0.3, -0.25) is 0 Å². The Kier molecular flexibility index (Phi) is 8.63. The molecule has 0 fully saturated rings. The van der Waals surface area contributed by atoms with Gasteiger partial charge in [0, 0.05) is 0 Å². The van der Waals surface area contributed by atoms with Crippen molar-refractivity contribution in [2.75, 3.05) is 0 Å². The van der Waals surface area contributed by atoms with E-state index in [9.17, 15) is 0 Å². The van der Waals surface area contributed by atoms with E-state index < -0.39 is 0 Å². The van der Waals surface area contributed by atoms with Crippen LogP contribution in [0.15, 0.2) is 47.9 Å². The predicted octanol–water partition coefficient (Wildman–Crippen LogP) is 7.42. The molecule has 1 atom stereocenters. The van der Waals surface area contributed by atoms with Crippen LogP contribution < -0.4 is 0 Å². The van der Waals surface area contributed by atoms with Crippen LogP contribution in [0.5, 0.6) is 0 Å². The topological polar surface area (TPSA) is 0 Å². The molecule has 0 spiro atoms. The van der Waals surface area contributed by atoms with E-state index in [1.165, 1.54) is 46.1 Å². The van der Waals surface area contributed by atoms with Crippen LogP contribution >= 0.6 is 12.2 Å². The fraction of sp³-hybridized carbons (Fsp3) is 0.440. The van der Waals surface area contributed by atoms with E-state index in [0.717, 1.165) is 24.1 Å². The van der Waals surface area contributed by atoms with Gasteiger partial charge in [-0.1, -0.05) is 0 Å². The number of allylic oxidation sites excluding steroid dienone is 2. The first-order valence-corrected chi connectivity index (χ1v) is 10.7. The summed E-state index contributed by atoms with van der Waals surface area (Å²) in [6, 6.07) is 13.6. The van der Waals surface area contributed by atoms with Crippen LogP contribution in [0.25, 0.3) is 5.57 Å². The van der Waals surface area contributed by atoms with Crippen molar-refractivity contribution in [3.05, 3.63) is 70.1 Å². The van der Waals surface area contributed by atoms with Crippen molar-refractivity contribution >= 4 is 29.6 Å². The second-order valence-corrected chi connectivity index (χ2v) is 8.33. The molecule has 142 valence electrons. The third kappa shape index (κ3) is 5.97. The molecule has 0 aliphatic rings. The van der Waals surface area contributed by atoms with E-state index in [2.05, 4.69) is 83.9 Å². The number of hydrogen-bond acceptors (Lipinski definition) is 1. The maximum atomic E-state index is 5.54. The summed E-state index contributed by atoms with van der Waals surface area (Å²) >= 11 is 5.54. The molecule has 0 amide bonds. The van der Waals surface area contributed by atoms with Crippen molar-refractivity contribution in [2.45, 2.75) is 72.6 Å². The Morgan fingerprint density at radius 2 is 1.89 bits per heavy atom. The Hall–Kier alpha value is -1.54. The number of rotatable bonds is 9. The molecule has 1 aromatic carbocycles. The number of aryl methyl sites for hydroxylation is 2. The molecule has 0 saturated carbocycles. The summed E-state index contributed by atoms with van der Waals surface area (Å²) in [5, 5.41) is 0. The minimum absolute atomic E-state index is 0.360. The van der Waals surface area contributed by atoms with Crippen LogP contribution in [0.2, 0.25) is 0 Å². The quantitative estimate of drug-likeness (QED) is 0.410. The van der Waals surface area contributed by atoms with Crippen molar-refractivity contribution in [3.8, 4) is 0 Å². The third-order valence-corrected chi connectivity index (χ3v) is 5.65. The van der Waals surface area contributed by atoms with Crippen LogP contribution in [0.1, 0.15) is 81.4 Å². The molecule has 0 aliphatic carbocycles. The average Bonchev–Trinajstić information content (AvgIpc) is 2.66. The molecule has 0 saturated heterocycles. The number of hydrogen-bond donors (Lipinski definition) is 0. The number of thiocarbonyl (C=S) groups is 1. The zero-order valence-electron chi connectivity index (χ0n) is 17.6. The zero-order valence-corrected chi connectivity index (χ0v) is 18.5. The van der Waals surface area contributed by atoms with Crippen LogP contribution in [-0.2, 0) is 6.42 Å². The molecule has 1 unspecified atom stereocenters. The van der Waals surface area contributed by atoms with Gasteiger partial charge in [0.05, 0.1) is 0 Å². The van der Waals surface area contributed by atoms with E-state index in [4.69, 9.17) is 12.2 Å². The number of unbranched alkanes of at least 4 members (excludes halogenated alkanes) is 1. The second kappa shape index (κ2) is 10.7. The van der Waals surface area contributed by atoms with Crippen molar-refractivity contribution in [1.82, 2.24) is 0 Å². The molecular weight excluding hydrogens is 343 g/mol. The van der Waals surface area contributed by atoms with Crippen LogP contribution in [-0.4, -0.2) is 11.8 Å². The molecule has 0 radical (unpaired) electrons. The van der Waals surface area contributed by atoms with Crippen molar-refractivity contribution in [1.29, 1.82) is 0 Å². The second-order valence-electron chi connectivity index (χ2n) is 7.64. The molecule has 2 rings (SSSR count). The molecule has 0 N–H and O–H groups in total. The van der Waals surface area contributed by atoms with E-state index in [1.807, 2.05) is 0 Å². The Labute approximate surface area is 172 Å². The van der Waals surface area contributed by atoms with Gasteiger partial charge in [0.25, 0.3) is 0 Å². The summed E-state index contributed by atoms with van der Waals surface area (Å²) < 4.78 is 0. The van der Waals surface area contributed by atoms with Crippen molar-refractivity contribution < 1.29 is 0 Å². The first-order valence-electron chi connectivity index (χ1n) is 10.3. The SMILES string of the molecule is CCCCc1cccc(C(CC(C)=S)/C(C)=C(\CC)c2cccbc2C)c1. The Morgan fingerprint density at radius 1 is 1.11 bits per heavy atom. The fourth-order valence-electron chi connectivity index (χ4n) is 3.96. The van der Waals surface area contributed by atoms with E-state index in [1.54, 1.807) is 0 Å². The van der Waals surface area contributed by atoms with Gasteiger partial charge in [-0.2, -0.15) is 0 Å². The minimum atomic E-state index is 0.360. The molecule has 1 heterocycles. The monoisotopic (exact) mass is 376 g/mol. The Bertz CT molecular complexity index is 803. The Balaban J connectivity index is 2.51. The molecule has 2 aromatic rings. The van der Waals surface area contributed by atoms with Gasteiger partial charge in [0.15, 0.2) is 0 Å². The standard InChI is InChI=1S/C25H33BS/c1-6-8-11-21-12-9-13-22(17-21)25(16-18(3)27)19(4)23(7-2)24-14-10-15-26-20(24)5/h9-10,12-15,17,25H,6-8,11,16H2,1-5H3/b23-19+. The Morgan fingerprint density at radius 3 is 2.52 bits per heavy atom. The van der Waals surface area contributed by atoms with Crippen LogP contribution in [0.4, 0.5) is 0 Å². The van der Waals surface area contributed by atoms with Gasteiger partial charge in [-0.25, -0.2) is 0 Å². The van der Waals surface area contributed by atoms with E-state index in [-0.39, 0.29) is 0 Å². The summed E-state index contributed by atoms with van der Waals surface area (Å²) in [7, 11) is 0. The van der Waals surface area contributed by atoms with Crippen LogP contribution in [0.3, 0.4) is 0 Å². The molecule has 0 aliphatic heterocycles. The summed E-state index contributed by atoms with van der Waals surface area (Å²) in [5.41, 5.74) is 8.51. The summed E-state index contributed by atoms with van der Waals surface area (Å²) in [4.78, 5) is 1.08. The maximum absolute atomic E-state index is 5.54.